The Morgan fingerprint density at radius 2 is 1.67 bits per heavy atom. The summed E-state index contributed by atoms with van der Waals surface area (Å²) in [4.78, 5) is 19.5. The molecule has 2 aromatic heterocycles. The maximum Gasteiger partial charge on any atom is 0.233 e. The number of carbonyl (C=O) groups is 1. The monoisotopic (exact) mass is 497 g/mol. The lowest BCUT2D eigenvalue weighted by atomic mass is 10.2. The highest BCUT2D eigenvalue weighted by molar-refractivity contribution is 8.00. The minimum atomic E-state index is 0.109. The van der Waals surface area contributed by atoms with Gasteiger partial charge in [0.15, 0.2) is 9.50 Å². The first kappa shape index (κ1) is 23.8. The van der Waals surface area contributed by atoms with Crippen molar-refractivity contribution in [3.05, 3.63) is 60.4 Å². The molecule has 0 atom stereocenters. The third-order valence-electron chi connectivity index (χ3n) is 5.04. The molecule has 0 bridgehead atoms. The second kappa shape index (κ2) is 10.7. The van der Waals surface area contributed by atoms with Gasteiger partial charge >= 0.3 is 0 Å². The van der Waals surface area contributed by atoms with E-state index in [1.54, 1.807) is 23.1 Å². The summed E-state index contributed by atoms with van der Waals surface area (Å²) in [5, 5.41) is 9.65. The Labute approximate surface area is 206 Å². The number of thioether (sulfide) groups is 2. The van der Waals surface area contributed by atoms with Crippen LogP contribution in [-0.4, -0.2) is 48.4 Å². The number of rotatable bonds is 9. The Hall–Kier alpha value is -2.36. The molecule has 6 nitrogen and oxygen atoms in total. The smallest absolute Gasteiger partial charge is 0.233 e. The van der Waals surface area contributed by atoms with Gasteiger partial charge in [-0.15, -0.1) is 21.5 Å². The van der Waals surface area contributed by atoms with Crippen LogP contribution in [0.4, 0.5) is 0 Å². The fourth-order valence-electron chi connectivity index (χ4n) is 3.74. The van der Waals surface area contributed by atoms with E-state index in [0.717, 1.165) is 26.5 Å². The molecule has 2 aromatic carbocycles. The van der Waals surface area contributed by atoms with Crippen LogP contribution in [0.25, 0.3) is 15.9 Å². The van der Waals surface area contributed by atoms with Crippen LogP contribution in [0.15, 0.2) is 64.1 Å². The molecule has 0 saturated heterocycles. The number of nitrogens with zero attached hydrogens (tertiary/aromatic N) is 5. The lowest BCUT2D eigenvalue weighted by Gasteiger charge is -2.30. The molecule has 0 unspecified atom stereocenters. The predicted molar refractivity (Wildman–Crippen MR) is 138 cm³/mol. The van der Waals surface area contributed by atoms with Crippen molar-refractivity contribution in [3.8, 4) is 5.69 Å². The predicted octanol–water partition coefficient (Wildman–Crippen LogP) is 5.91. The van der Waals surface area contributed by atoms with Gasteiger partial charge in [-0.2, -0.15) is 0 Å². The minimum Gasteiger partial charge on any atom is -0.337 e. The first-order chi connectivity index (χ1) is 15.9. The van der Waals surface area contributed by atoms with E-state index in [-0.39, 0.29) is 18.0 Å². The van der Waals surface area contributed by atoms with Gasteiger partial charge < -0.3 is 4.90 Å². The summed E-state index contributed by atoms with van der Waals surface area (Å²) in [7, 11) is 0. The number of fused-ring (bicyclic) bond motifs is 1. The van der Waals surface area contributed by atoms with E-state index in [1.165, 1.54) is 16.5 Å². The van der Waals surface area contributed by atoms with Gasteiger partial charge in [0, 0.05) is 17.8 Å². The Morgan fingerprint density at radius 1 is 0.970 bits per heavy atom. The Balaban J connectivity index is 1.55. The van der Waals surface area contributed by atoms with Gasteiger partial charge in [0.05, 0.1) is 21.7 Å². The van der Waals surface area contributed by atoms with Crippen molar-refractivity contribution in [1.29, 1.82) is 0 Å². The molecule has 1 amide bonds. The minimum absolute atomic E-state index is 0.109. The highest BCUT2D eigenvalue weighted by Crippen LogP contribution is 2.32. The molecule has 0 radical (unpaired) electrons. The van der Waals surface area contributed by atoms with E-state index in [1.807, 2.05) is 85.7 Å². The molecule has 0 saturated carbocycles. The molecule has 0 spiro atoms. The third-order valence-corrected chi connectivity index (χ3v) is 8.13. The molecular weight excluding hydrogens is 470 g/mol. The summed E-state index contributed by atoms with van der Waals surface area (Å²) in [5.74, 6) is 1.91. The van der Waals surface area contributed by atoms with Crippen molar-refractivity contribution in [1.82, 2.24) is 24.6 Å². The summed E-state index contributed by atoms with van der Waals surface area (Å²) in [5.41, 5.74) is 2.01. The molecular formula is C24H27N5OS3. The lowest BCUT2D eigenvalue weighted by Crippen LogP contribution is -2.43. The molecule has 172 valence electrons. The van der Waals surface area contributed by atoms with E-state index < -0.39 is 0 Å². The topological polar surface area (TPSA) is 63.9 Å². The van der Waals surface area contributed by atoms with E-state index in [0.29, 0.717) is 11.5 Å². The van der Waals surface area contributed by atoms with Crippen LogP contribution in [0, 0.1) is 0 Å². The fourth-order valence-corrected chi connectivity index (χ4v) is 6.56. The number of amides is 1. The average Bonchev–Trinajstić information content (AvgIpc) is 3.39. The summed E-state index contributed by atoms with van der Waals surface area (Å²) >= 11 is 4.78. The van der Waals surface area contributed by atoms with Gasteiger partial charge in [0.25, 0.3) is 0 Å². The zero-order valence-corrected chi connectivity index (χ0v) is 21.6. The van der Waals surface area contributed by atoms with Crippen LogP contribution in [-0.2, 0) is 10.5 Å². The van der Waals surface area contributed by atoms with E-state index in [4.69, 9.17) is 4.98 Å². The van der Waals surface area contributed by atoms with Crippen LogP contribution < -0.4 is 0 Å². The SMILES string of the molecule is CC(C)N(C(=O)CSc1nnc(CSc2nc3ccccc3s2)n1-c1ccccc1)C(C)C. The molecule has 0 fully saturated rings. The molecule has 0 aliphatic carbocycles. The van der Waals surface area contributed by atoms with Crippen LogP contribution in [0.1, 0.15) is 33.5 Å². The Kier molecular flexibility index (Phi) is 7.72. The largest absolute Gasteiger partial charge is 0.337 e. The molecule has 0 N–H and O–H groups in total. The lowest BCUT2D eigenvalue weighted by molar-refractivity contribution is -0.131. The zero-order chi connectivity index (χ0) is 23.4. The number of carbonyl (C=O) groups excluding carboxylic acids is 1. The molecule has 2 heterocycles. The standard InChI is InChI=1S/C24H27N5OS3/c1-16(2)28(17(3)4)22(30)15-31-23-27-26-21(29(23)18-10-6-5-7-11-18)14-32-24-25-19-12-8-9-13-20(19)33-24/h5-13,16-17H,14-15H2,1-4H3. The maximum atomic E-state index is 12.9. The average molecular weight is 498 g/mol. The van der Waals surface area contributed by atoms with E-state index in [9.17, 15) is 4.79 Å². The summed E-state index contributed by atoms with van der Waals surface area (Å²) in [6, 6.07) is 18.5. The highest BCUT2D eigenvalue weighted by Gasteiger charge is 2.22. The summed E-state index contributed by atoms with van der Waals surface area (Å²) in [6.07, 6.45) is 0. The van der Waals surface area contributed by atoms with E-state index >= 15 is 0 Å². The number of thiazole rings is 1. The van der Waals surface area contributed by atoms with Gasteiger partial charge in [-0.3, -0.25) is 9.36 Å². The molecule has 0 aliphatic rings. The molecule has 33 heavy (non-hydrogen) atoms. The normalized spacial score (nSPS) is 11.6. The molecule has 0 aliphatic heterocycles. The van der Waals surface area contributed by atoms with Crippen LogP contribution in [0.3, 0.4) is 0 Å². The number of benzene rings is 2. The van der Waals surface area contributed by atoms with Gasteiger partial charge in [0.1, 0.15) is 5.82 Å². The number of hydrogen-bond donors (Lipinski definition) is 0. The van der Waals surface area contributed by atoms with Crippen molar-refractivity contribution in [2.45, 2.75) is 55.0 Å². The molecule has 4 rings (SSSR count). The summed E-state index contributed by atoms with van der Waals surface area (Å²) in [6.45, 7) is 8.19. The first-order valence-corrected chi connectivity index (χ1v) is 13.6. The van der Waals surface area contributed by atoms with Crippen molar-refractivity contribution in [2.75, 3.05) is 5.75 Å². The van der Waals surface area contributed by atoms with Gasteiger partial charge in [-0.1, -0.05) is 53.9 Å². The number of para-hydroxylation sites is 2. The van der Waals surface area contributed by atoms with Gasteiger partial charge in [-0.05, 0) is 52.0 Å². The van der Waals surface area contributed by atoms with Crippen LogP contribution >= 0.6 is 34.9 Å². The van der Waals surface area contributed by atoms with Gasteiger partial charge in [0.2, 0.25) is 5.91 Å². The van der Waals surface area contributed by atoms with Crippen molar-refractivity contribution in [2.24, 2.45) is 0 Å². The zero-order valence-electron chi connectivity index (χ0n) is 19.1. The molecule has 9 heteroatoms. The van der Waals surface area contributed by atoms with Crippen LogP contribution in [0.5, 0.6) is 0 Å². The molecule has 4 aromatic rings. The first-order valence-electron chi connectivity index (χ1n) is 10.9. The Bertz CT molecular complexity index is 1180. The van der Waals surface area contributed by atoms with Gasteiger partial charge in [-0.25, -0.2) is 4.98 Å². The third kappa shape index (κ3) is 5.59. The van der Waals surface area contributed by atoms with Crippen LogP contribution in [0.2, 0.25) is 0 Å². The Morgan fingerprint density at radius 3 is 2.36 bits per heavy atom. The number of aromatic nitrogens is 4. The van der Waals surface area contributed by atoms with Crippen molar-refractivity contribution >= 4 is 51.0 Å². The second-order valence-corrected chi connectivity index (χ2v) is 11.3. The quantitative estimate of drug-likeness (QED) is 0.268. The van der Waals surface area contributed by atoms with Crippen molar-refractivity contribution in [3.63, 3.8) is 0 Å². The second-order valence-electron chi connectivity index (χ2n) is 8.08. The van der Waals surface area contributed by atoms with Crippen molar-refractivity contribution < 1.29 is 4.79 Å². The maximum absolute atomic E-state index is 12.9. The number of hydrogen-bond acceptors (Lipinski definition) is 7. The summed E-state index contributed by atoms with van der Waals surface area (Å²) < 4.78 is 4.24. The fraction of sp³-hybridized carbons (Fsp3) is 0.333. The van der Waals surface area contributed by atoms with E-state index in [2.05, 4.69) is 16.3 Å². The highest BCUT2D eigenvalue weighted by atomic mass is 32.2.